The second-order valence-electron chi connectivity index (χ2n) is 14.7. The second kappa shape index (κ2) is 21.9. The molecule has 4 aromatic heterocycles. The molecule has 6 rings (SSSR count). The Morgan fingerprint density at radius 2 is 1.29 bits per heavy atom. The number of esters is 2. The largest absolute Gasteiger partial charge is 0.456 e. The van der Waals surface area contributed by atoms with Crippen LogP contribution in [0.25, 0.3) is 22.3 Å². The van der Waals surface area contributed by atoms with Crippen molar-refractivity contribution in [3.8, 4) is 0 Å². The lowest BCUT2D eigenvalue weighted by Crippen LogP contribution is -2.32. The number of aliphatic hydroxyl groups is 2. The maximum atomic E-state index is 12.3. The highest BCUT2D eigenvalue weighted by Crippen LogP contribution is 2.38. The molecule has 62 heavy (non-hydrogen) atoms. The molecule has 0 aliphatic carbocycles. The molecule has 8 atom stereocenters. The van der Waals surface area contributed by atoms with Crippen molar-refractivity contribution in [2.24, 2.45) is 9.98 Å². The number of carbonyl (C=O) groups excluding carboxylic acids is 3. The molecule has 2 saturated heterocycles. The number of aliphatic imine (C=N–C) groups is 2. The number of aromatic nitrogens is 8. The number of rotatable bonds is 11. The van der Waals surface area contributed by atoms with E-state index in [0.717, 1.165) is 6.42 Å². The maximum absolute atomic E-state index is 12.3. The molecule has 0 unspecified atom stereocenters. The zero-order chi connectivity index (χ0) is 45.5. The summed E-state index contributed by atoms with van der Waals surface area (Å²) in [6.45, 7) is 9.48. The highest BCUT2D eigenvalue weighted by atomic mass is 79.9. The van der Waals surface area contributed by atoms with Crippen LogP contribution in [-0.4, -0.2) is 157 Å². The van der Waals surface area contributed by atoms with E-state index in [0.29, 0.717) is 12.1 Å². The fourth-order valence-corrected chi connectivity index (χ4v) is 6.87. The third kappa shape index (κ3) is 12.4. The molecule has 342 valence electrons. The van der Waals surface area contributed by atoms with Gasteiger partial charge in [-0.3, -0.25) is 43.1 Å². The van der Waals surface area contributed by atoms with Gasteiger partial charge in [0.25, 0.3) is 11.1 Å². The van der Waals surface area contributed by atoms with Gasteiger partial charge in [0.2, 0.25) is 16.6 Å². The predicted molar refractivity (Wildman–Crippen MR) is 235 cm³/mol. The number of fused-ring (bicyclic) bond motifs is 2. The van der Waals surface area contributed by atoms with Crippen LogP contribution in [-0.2, 0) is 33.3 Å². The maximum Gasteiger partial charge on any atom is 0.303 e. The summed E-state index contributed by atoms with van der Waals surface area (Å²) in [7, 11) is 7.20. The van der Waals surface area contributed by atoms with Gasteiger partial charge in [0.05, 0.1) is 42.4 Å². The molecule has 0 aromatic carbocycles. The number of alkyl halides is 1. The van der Waals surface area contributed by atoms with E-state index in [9.17, 15) is 34.2 Å². The van der Waals surface area contributed by atoms with Gasteiger partial charge in [0.1, 0.15) is 12.2 Å². The highest BCUT2D eigenvalue weighted by molar-refractivity contribution is 9.18. The molecular weight excluding hydrogens is 948 g/mol. The van der Waals surface area contributed by atoms with Gasteiger partial charge in [0, 0.05) is 42.0 Å². The summed E-state index contributed by atoms with van der Waals surface area (Å²) in [6.07, 6.45) is 2.23. The number of halogens is 2. The summed E-state index contributed by atoms with van der Waals surface area (Å²) in [4.78, 5) is 90.4. The molecule has 23 nitrogen and oxygen atoms in total. The molecule has 0 amide bonds. The fraction of sp³-hybridized carbons (Fsp3) is 0.595. The lowest BCUT2D eigenvalue weighted by Gasteiger charge is -2.21. The Balaban J connectivity index is 0.000000270. The van der Waals surface area contributed by atoms with Gasteiger partial charge in [-0.1, -0.05) is 37.2 Å². The van der Waals surface area contributed by atoms with Crippen LogP contribution >= 0.6 is 31.9 Å². The molecule has 0 saturated carbocycles. The minimum absolute atomic E-state index is 0. The van der Waals surface area contributed by atoms with Crippen molar-refractivity contribution in [3.05, 3.63) is 33.4 Å². The van der Waals surface area contributed by atoms with E-state index < -0.39 is 65.5 Å². The number of nitrogens with one attached hydrogen (secondary N) is 2. The fourth-order valence-electron chi connectivity index (χ4n) is 5.92. The molecule has 2 aliphatic heterocycles. The van der Waals surface area contributed by atoms with Crippen molar-refractivity contribution in [1.82, 2.24) is 48.8 Å². The van der Waals surface area contributed by atoms with Gasteiger partial charge >= 0.3 is 11.9 Å². The Bertz CT molecular complexity index is 2360. The third-order valence-corrected chi connectivity index (χ3v) is 10.9. The van der Waals surface area contributed by atoms with Crippen molar-refractivity contribution in [1.29, 1.82) is 0 Å². The molecule has 6 heterocycles. The van der Waals surface area contributed by atoms with E-state index in [-0.39, 0.29) is 51.6 Å². The highest BCUT2D eigenvalue weighted by Gasteiger charge is 2.46. The Morgan fingerprint density at radius 1 is 0.839 bits per heavy atom. The zero-order valence-corrected chi connectivity index (χ0v) is 38.3. The summed E-state index contributed by atoms with van der Waals surface area (Å²) in [5, 5.41) is 20.3. The molecule has 0 spiro atoms. The number of ether oxygens (including phenoxy) is 4. The van der Waals surface area contributed by atoms with E-state index in [2.05, 4.69) is 76.5 Å². The van der Waals surface area contributed by atoms with Crippen LogP contribution in [0.4, 0.5) is 11.9 Å². The summed E-state index contributed by atoms with van der Waals surface area (Å²) in [6, 6.07) is 0. The summed E-state index contributed by atoms with van der Waals surface area (Å²) in [5.74, 6) is -0.616. The number of carbonyl (C=O) groups is 3. The molecule has 4 N–H and O–H groups in total. The molecule has 0 radical (unpaired) electrons. The molecule has 0 bridgehead atoms. The molecule has 25 heteroatoms. The van der Waals surface area contributed by atoms with Crippen LogP contribution in [0, 0.1) is 0 Å². The van der Waals surface area contributed by atoms with Crippen LogP contribution in [0.1, 0.15) is 74.3 Å². The van der Waals surface area contributed by atoms with Crippen molar-refractivity contribution in [3.63, 3.8) is 0 Å². The lowest BCUT2D eigenvalue weighted by atomic mass is 10.1. The van der Waals surface area contributed by atoms with E-state index >= 15 is 0 Å². The smallest absolute Gasteiger partial charge is 0.303 e. The molecule has 2 aliphatic rings. The molecule has 2 fully saturated rings. The summed E-state index contributed by atoms with van der Waals surface area (Å²) < 4.78 is 24.6. The van der Waals surface area contributed by atoms with Crippen molar-refractivity contribution < 1.29 is 43.5 Å². The summed E-state index contributed by atoms with van der Waals surface area (Å²) >= 11 is 6.27. The van der Waals surface area contributed by atoms with Crippen LogP contribution in [0.15, 0.2) is 32.2 Å². The van der Waals surface area contributed by atoms with Gasteiger partial charge in [-0.25, -0.2) is 20.0 Å². The van der Waals surface area contributed by atoms with Gasteiger partial charge in [-0.05, 0) is 42.6 Å². The van der Waals surface area contributed by atoms with Crippen molar-refractivity contribution >= 4 is 95.4 Å². The van der Waals surface area contributed by atoms with Crippen LogP contribution in [0.3, 0.4) is 0 Å². The van der Waals surface area contributed by atoms with Gasteiger partial charge < -0.3 is 39.0 Å². The van der Waals surface area contributed by atoms with E-state index in [1.807, 2.05) is 27.9 Å². The first-order valence-corrected chi connectivity index (χ1v) is 20.5. The van der Waals surface area contributed by atoms with E-state index in [1.54, 1.807) is 28.5 Å². The average molecular weight is 1000 g/mol. The standard InChI is InChI=1S/C16H21BrN6O4.C14H20N6O4.C6H9BrO3.CH4/c1-5-9-10(17)12(26-8(2)24)15(27-9)23-7-18-11-13(23)20-16(21-14(11)25)19-6-22(3)4;1-4-7-9(21)10(22)13(24-7)20-6-15-8-11(20)17-14(18-12(8)23)16-5-19(2)3;1-4(8)10-6(2,3)5(7)9;/h6-7,9-10,12,15H,5H2,1-4H3,(H,20,21,25);5-7,9-10,13,21-22H,4H2,1-3H3,(H,17,18,23);1-3H3;1H4/t9-,10+,12-,15-;7-,9-,10-,13-;;/m11../s1. The van der Waals surface area contributed by atoms with Gasteiger partial charge in [0.15, 0.2) is 46.5 Å². The minimum Gasteiger partial charge on any atom is -0.456 e. The first-order valence-electron chi connectivity index (χ1n) is 18.8. The molecular formula is C37H54Br2N12O11. The lowest BCUT2D eigenvalue weighted by molar-refractivity contribution is -0.158. The number of imidazole rings is 2. The minimum atomic E-state index is -1.14. The van der Waals surface area contributed by atoms with Crippen LogP contribution in [0.2, 0.25) is 0 Å². The normalized spacial score (nSPS) is 23.4. The first-order chi connectivity index (χ1) is 28.6. The number of hydrogen-bond donors (Lipinski definition) is 4. The van der Waals surface area contributed by atoms with Crippen LogP contribution < -0.4 is 11.1 Å². The van der Waals surface area contributed by atoms with Crippen molar-refractivity contribution in [2.75, 3.05) is 28.2 Å². The van der Waals surface area contributed by atoms with E-state index in [1.165, 1.54) is 57.6 Å². The number of aromatic amines is 2. The Morgan fingerprint density at radius 3 is 1.66 bits per heavy atom. The monoisotopic (exact) mass is 1000 g/mol. The average Bonchev–Trinajstić information content (AvgIpc) is 3.94. The van der Waals surface area contributed by atoms with E-state index in [4.69, 9.17) is 14.2 Å². The van der Waals surface area contributed by atoms with Gasteiger partial charge in [-0.15, -0.1) is 0 Å². The molecule has 4 aromatic rings. The SMILES string of the molecule is C.CC(=O)OC(C)(C)C(=O)Br.CC[C@H]1O[C@@H](n2cnc3c(=O)[nH]c(N=CN(C)C)nc32)[C@H](O)[C@@H]1O.CC[C@H]1O[C@@H](n2cnc3c(=O)[nH]c(N=CN(C)C)nc32)[C@H](OC(C)=O)[C@H]1Br. The number of hydrogen-bond acceptors (Lipinski definition) is 17. The van der Waals surface area contributed by atoms with Crippen LogP contribution in [0.5, 0.6) is 0 Å². The van der Waals surface area contributed by atoms with Crippen molar-refractivity contribution in [2.45, 2.75) is 115 Å². The quantitative estimate of drug-likeness (QED) is 0.0552. The second-order valence-corrected chi connectivity index (χ2v) is 16.4. The Hall–Kier alpha value is -4.95. The number of nitrogens with zero attached hydrogens (tertiary/aromatic N) is 10. The first kappa shape index (κ1) is 51.4. The Kier molecular flexibility index (Phi) is 18.2. The topological polar surface area (TPSA) is 287 Å². The van der Waals surface area contributed by atoms with Gasteiger partial charge in [-0.2, -0.15) is 9.97 Å². The number of H-pyrrole nitrogens is 2. The zero-order valence-electron chi connectivity index (χ0n) is 35.1. The Labute approximate surface area is 373 Å². The number of aliphatic hydroxyl groups excluding tert-OH is 2. The predicted octanol–water partition coefficient (Wildman–Crippen LogP) is 2.60. The summed E-state index contributed by atoms with van der Waals surface area (Å²) in [5.41, 5.74) is -1.08. The third-order valence-electron chi connectivity index (χ3n) is 8.79.